The molecule has 0 N–H and O–H groups in total. The van der Waals surface area contributed by atoms with E-state index in [0.29, 0.717) is 29.0 Å². The molecular formula is C28H32O5S. The SMILES string of the molecule is CCOC(OC)Oc1cc(C(=O)c2ccccc2C(=O)S)ccc1C12CC3CC(CC(C3)C1)C2. The van der Waals surface area contributed by atoms with Crippen molar-refractivity contribution in [3.63, 3.8) is 0 Å². The number of ether oxygens (including phenoxy) is 3. The van der Waals surface area contributed by atoms with Crippen LogP contribution in [0.5, 0.6) is 5.75 Å². The van der Waals surface area contributed by atoms with Crippen LogP contribution in [-0.4, -0.2) is 31.1 Å². The van der Waals surface area contributed by atoms with Gasteiger partial charge in [-0.3, -0.25) is 9.59 Å². The molecule has 1 unspecified atom stereocenters. The fraction of sp³-hybridized carbons (Fsp3) is 0.500. The first-order valence-corrected chi connectivity index (χ1v) is 12.7. The van der Waals surface area contributed by atoms with E-state index in [1.165, 1.54) is 38.5 Å². The van der Waals surface area contributed by atoms with E-state index in [0.717, 1.165) is 23.3 Å². The van der Waals surface area contributed by atoms with E-state index in [-0.39, 0.29) is 11.2 Å². The normalized spacial score (nSPS) is 28.0. The van der Waals surface area contributed by atoms with Crippen LogP contribution in [0, 0.1) is 17.8 Å². The Kier molecular flexibility index (Phi) is 6.58. The van der Waals surface area contributed by atoms with E-state index in [1.807, 2.05) is 13.0 Å². The molecule has 1 atom stereocenters. The molecule has 6 rings (SSSR count). The van der Waals surface area contributed by atoms with Gasteiger partial charge in [0, 0.05) is 29.4 Å². The van der Waals surface area contributed by atoms with Crippen LogP contribution in [0.3, 0.4) is 0 Å². The molecule has 0 amide bonds. The molecule has 6 heteroatoms. The van der Waals surface area contributed by atoms with Crippen molar-refractivity contribution in [3.05, 3.63) is 64.7 Å². The zero-order valence-electron chi connectivity index (χ0n) is 19.8. The lowest BCUT2D eigenvalue weighted by molar-refractivity contribution is -0.231. The Morgan fingerprint density at radius 3 is 2.18 bits per heavy atom. The van der Waals surface area contributed by atoms with E-state index in [1.54, 1.807) is 37.4 Å². The van der Waals surface area contributed by atoms with Gasteiger partial charge >= 0.3 is 6.48 Å². The largest absolute Gasteiger partial charge is 0.441 e. The summed E-state index contributed by atoms with van der Waals surface area (Å²) in [5.41, 5.74) is 2.34. The standard InChI is InChI=1S/C28H32O5S/c1-3-32-27(31-2)33-24-13-20(25(29)21-6-4-5-7-22(21)26(30)34)8-9-23(24)28-14-17-10-18(15-28)12-19(11-17)16-28/h4-9,13,17-19,27H,3,10-12,14-16H2,1-2H3,(H,30,34). The summed E-state index contributed by atoms with van der Waals surface area (Å²) in [6.07, 6.45) is 7.56. The number of thiol groups is 1. The Morgan fingerprint density at radius 2 is 1.62 bits per heavy atom. The predicted molar refractivity (Wildman–Crippen MR) is 133 cm³/mol. The molecule has 0 radical (unpaired) electrons. The van der Waals surface area contributed by atoms with Gasteiger partial charge < -0.3 is 14.2 Å². The average Bonchev–Trinajstić information content (AvgIpc) is 2.82. The van der Waals surface area contributed by atoms with E-state index in [2.05, 4.69) is 18.7 Å². The molecule has 34 heavy (non-hydrogen) atoms. The molecule has 0 spiro atoms. The Labute approximate surface area is 206 Å². The first kappa shape index (κ1) is 23.6. The maximum atomic E-state index is 13.5. The summed E-state index contributed by atoms with van der Waals surface area (Å²) < 4.78 is 17.3. The van der Waals surface area contributed by atoms with E-state index < -0.39 is 11.6 Å². The number of carbonyl (C=O) groups excluding carboxylic acids is 2. The van der Waals surface area contributed by atoms with Crippen molar-refractivity contribution in [2.45, 2.75) is 57.3 Å². The Bertz CT molecular complexity index is 1060. The first-order chi connectivity index (χ1) is 16.4. The lowest BCUT2D eigenvalue weighted by Gasteiger charge is -2.57. The lowest BCUT2D eigenvalue weighted by Crippen LogP contribution is -2.48. The fourth-order valence-electron chi connectivity index (χ4n) is 7.05. The first-order valence-electron chi connectivity index (χ1n) is 12.2. The lowest BCUT2D eigenvalue weighted by atomic mass is 9.48. The minimum atomic E-state index is -0.852. The average molecular weight is 481 g/mol. The third-order valence-electron chi connectivity index (χ3n) is 7.97. The number of hydrogen-bond acceptors (Lipinski definition) is 5. The third kappa shape index (κ3) is 4.32. The van der Waals surface area contributed by atoms with Crippen molar-refractivity contribution in [1.29, 1.82) is 0 Å². The summed E-state index contributed by atoms with van der Waals surface area (Å²) in [4.78, 5) is 25.5. The molecule has 2 aromatic carbocycles. The summed E-state index contributed by atoms with van der Waals surface area (Å²) in [5, 5.41) is -0.429. The minimum Gasteiger partial charge on any atom is -0.441 e. The molecule has 4 bridgehead atoms. The molecule has 180 valence electrons. The quantitative estimate of drug-likeness (QED) is 0.279. The van der Waals surface area contributed by atoms with Gasteiger partial charge in [-0.15, -0.1) is 12.6 Å². The second kappa shape index (κ2) is 9.48. The fourth-order valence-corrected chi connectivity index (χ4v) is 7.25. The van der Waals surface area contributed by atoms with Crippen LogP contribution in [0.15, 0.2) is 42.5 Å². The molecule has 0 heterocycles. The summed E-state index contributed by atoms with van der Waals surface area (Å²) in [5.74, 6) is 2.74. The topological polar surface area (TPSA) is 61.8 Å². The van der Waals surface area contributed by atoms with Gasteiger partial charge in [0.15, 0.2) is 5.78 Å². The Morgan fingerprint density at radius 1 is 1.00 bits per heavy atom. The number of rotatable bonds is 9. The van der Waals surface area contributed by atoms with Gasteiger partial charge in [-0.25, -0.2) is 0 Å². The maximum absolute atomic E-state index is 13.5. The van der Waals surface area contributed by atoms with E-state index in [4.69, 9.17) is 14.2 Å². The van der Waals surface area contributed by atoms with Crippen LogP contribution in [-0.2, 0) is 14.9 Å². The van der Waals surface area contributed by atoms with Gasteiger partial charge in [0.1, 0.15) is 5.75 Å². The summed E-state index contributed by atoms with van der Waals surface area (Å²) >= 11 is 3.95. The van der Waals surface area contributed by atoms with Crippen LogP contribution in [0.1, 0.15) is 77.3 Å². The second-order valence-corrected chi connectivity index (χ2v) is 10.6. The van der Waals surface area contributed by atoms with Crippen LogP contribution in [0.25, 0.3) is 0 Å². The summed E-state index contributed by atoms with van der Waals surface area (Å²) in [6, 6.07) is 12.5. The zero-order chi connectivity index (χ0) is 23.9. The monoisotopic (exact) mass is 480 g/mol. The molecule has 0 aromatic heterocycles. The predicted octanol–water partition coefficient (Wildman–Crippen LogP) is 5.80. The Hall–Kier alpha value is -2.15. The van der Waals surface area contributed by atoms with Crippen LogP contribution >= 0.6 is 12.6 Å². The Balaban J connectivity index is 1.56. The number of ketones is 1. The molecule has 2 aromatic rings. The second-order valence-electron chi connectivity index (χ2n) is 10.2. The maximum Gasteiger partial charge on any atom is 0.315 e. The highest BCUT2D eigenvalue weighted by Gasteiger charge is 2.52. The van der Waals surface area contributed by atoms with Crippen molar-refractivity contribution in [2.24, 2.45) is 17.8 Å². The molecule has 5 nitrogen and oxygen atoms in total. The molecule has 4 fully saturated rings. The molecule has 0 aliphatic heterocycles. The highest BCUT2D eigenvalue weighted by atomic mass is 32.1. The smallest absolute Gasteiger partial charge is 0.315 e. The number of methoxy groups -OCH3 is 1. The third-order valence-corrected chi connectivity index (χ3v) is 8.21. The van der Waals surface area contributed by atoms with Crippen molar-refractivity contribution >= 4 is 23.5 Å². The number of carbonyl (C=O) groups is 2. The highest BCUT2D eigenvalue weighted by molar-refractivity contribution is 7.97. The van der Waals surface area contributed by atoms with Gasteiger partial charge in [0.05, 0.1) is 6.61 Å². The summed E-state index contributed by atoms with van der Waals surface area (Å²) in [6.45, 7) is 1.48. The van der Waals surface area contributed by atoms with E-state index >= 15 is 0 Å². The summed E-state index contributed by atoms with van der Waals surface area (Å²) in [7, 11) is 1.55. The van der Waals surface area contributed by atoms with Crippen molar-refractivity contribution in [3.8, 4) is 5.75 Å². The van der Waals surface area contributed by atoms with Gasteiger partial charge in [0.25, 0.3) is 0 Å². The molecular weight excluding hydrogens is 448 g/mol. The molecule has 4 saturated carbocycles. The van der Waals surface area contributed by atoms with Gasteiger partial charge in [-0.2, -0.15) is 0 Å². The minimum absolute atomic E-state index is 0.0785. The molecule has 0 saturated heterocycles. The van der Waals surface area contributed by atoms with Gasteiger partial charge in [0.2, 0.25) is 5.12 Å². The van der Waals surface area contributed by atoms with E-state index in [9.17, 15) is 9.59 Å². The van der Waals surface area contributed by atoms with Crippen LogP contribution < -0.4 is 4.74 Å². The number of hydrogen-bond donors (Lipinski definition) is 1. The van der Waals surface area contributed by atoms with Gasteiger partial charge in [-0.1, -0.05) is 30.3 Å². The zero-order valence-corrected chi connectivity index (χ0v) is 20.7. The molecule has 4 aliphatic rings. The van der Waals surface area contributed by atoms with Crippen LogP contribution in [0.2, 0.25) is 0 Å². The molecule has 4 aliphatic carbocycles. The number of benzene rings is 2. The van der Waals surface area contributed by atoms with Gasteiger partial charge in [-0.05, 0) is 80.8 Å². The van der Waals surface area contributed by atoms with Crippen molar-refractivity contribution in [1.82, 2.24) is 0 Å². The van der Waals surface area contributed by atoms with Crippen LogP contribution in [0.4, 0.5) is 0 Å². The van der Waals surface area contributed by atoms with Crippen molar-refractivity contribution in [2.75, 3.05) is 13.7 Å². The highest BCUT2D eigenvalue weighted by Crippen LogP contribution is 2.62. The van der Waals surface area contributed by atoms with Crippen molar-refractivity contribution < 1.29 is 23.8 Å².